The van der Waals surface area contributed by atoms with Crippen LogP contribution in [0.25, 0.3) is 11.0 Å². The molecule has 2 aromatic heterocycles. The number of hydrogen-bond donors (Lipinski definition) is 2. The molecule has 0 aliphatic rings. The summed E-state index contributed by atoms with van der Waals surface area (Å²) in [6.45, 7) is 2.41. The monoisotopic (exact) mass is 441 g/mol. The summed E-state index contributed by atoms with van der Waals surface area (Å²) in [6.07, 6.45) is -5.00. The Morgan fingerprint density at radius 2 is 1.77 bits per heavy atom. The fraction of sp³-hybridized carbons (Fsp3) is 0.222. The molecule has 1 aromatic carbocycles. The first-order valence-electron chi connectivity index (χ1n) is 8.38. The van der Waals surface area contributed by atoms with Gasteiger partial charge in [0, 0.05) is 5.56 Å². The topological polar surface area (TPSA) is 130 Å². The third-order valence-corrected chi connectivity index (χ3v) is 6.56. The normalized spacial score (nSPS) is 13.4. The number of carboxylic acids is 1. The molecule has 30 heavy (non-hydrogen) atoms. The van der Waals surface area contributed by atoms with Crippen molar-refractivity contribution in [1.82, 2.24) is 15.0 Å². The molecule has 0 saturated heterocycles. The highest BCUT2D eigenvalue weighted by atomic mass is 32.2. The van der Waals surface area contributed by atoms with Crippen LogP contribution in [-0.2, 0) is 16.0 Å². The Morgan fingerprint density at radius 3 is 2.30 bits per heavy atom. The lowest BCUT2D eigenvalue weighted by molar-refractivity contribution is -0.141. The molecule has 1 atom stereocenters. The number of fused-ring (bicyclic) bond motifs is 1. The number of aromatic carboxylic acids is 1. The molecule has 12 heteroatoms. The number of sulfone groups is 1. The number of alkyl halides is 3. The molecule has 0 amide bonds. The number of carbonyl (C=O) groups is 1. The van der Waals surface area contributed by atoms with E-state index in [4.69, 9.17) is 5.11 Å². The first-order chi connectivity index (χ1) is 13.8. The lowest BCUT2D eigenvalue weighted by Crippen LogP contribution is -2.21. The zero-order valence-corrected chi connectivity index (χ0v) is 16.3. The fourth-order valence-electron chi connectivity index (χ4n) is 2.89. The van der Waals surface area contributed by atoms with E-state index in [0.29, 0.717) is 0 Å². The number of aromatic nitrogens is 3. The number of pyridine rings is 1. The Hall–Kier alpha value is -3.28. The molecule has 2 N–H and O–H groups in total. The van der Waals surface area contributed by atoms with Crippen molar-refractivity contribution < 1.29 is 31.5 Å². The van der Waals surface area contributed by atoms with Gasteiger partial charge in [-0.3, -0.25) is 4.79 Å². The standard InChI is InChI=1S/C18H14F3N3O5S/c1-8(30(28,29)11-5-3-10(4-6-11)17(26)27)12-7-13-15(22-9(2)23-16(13)25)24-14(12)18(19,20)21/h3-8H,1-2H3,(H,26,27)(H,22,23,24,25)/t8-/m0/s1. The summed E-state index contributed by atoms with van der Waals surface area (Å²) < 4.78 is 66.7. The van der Waals surface area contributed by atoms with Crippen LogP contribution < -0.4 is 5.56 Å². The van der Waals surface area contributed by atoms with Crippen LogP contribution in [0.5, 0.6) is 0 Å². The Morgan fingerprint density at radius 1 is 1.17 bits per heavy atom. The smallest absolute Gasteiger partial charge is 0.433 e. The van der Waals surface area contributed by atoms with Crippen LogP contribution in [0, 0.1) is 6.92 Å². The number of aromatic amines is 1. The fourth-order valence-corrected chi connectivity index (χ4v) is 4.32. The van der Waals surface area contributed by atoms with E-state index in [9.17, 15) is 31.2 Å². The molecule has 0 bridgehead atoms. The predicted octanol–water partition coefficient (Wildman–Crippen LogP) is 2.88. The van der Waals surface area contributed by atoms with Crippen molar-refractivity contribution in [2.45, 2.75) is 30.2 Å². The number of rotatable bonds is 4. The summed E-state index contributed by atoms with van der Waals surface area (Å²) in [6, 6.07) is 4.87. The highest BCUT2D eigenvalue weighted by molar-refractivity contribution is 7.91. The van der Waals surface area contributed by atoms with E-state index in [1.807, 2.05) is 0 Å². The molecule has 0 aliphatic carbocycles. The summed E-state index contributed by atoms with van der Waals surface area (Å²) in [5.74, 6) is -1.23. The number of H-pyrrole nitrogens is 1. The lowest BCUT2D eigenvalue weighted by Gasteiger charge is -2.19. The van der Waals surface area contributed by atoms with Crippen molar-refractivity contribution in [3.63, 3.8) is 0 Å². The highest BCUT2D eigenvalue weighted by Gasteiger charge is 2.40. The third-order valence-electron chi connectivity index (χ3n) is 4.45. The van der Waals surface area contributed by atoms with Gasteiger partial charge >= 0.3 is 12.1 Å². The number of halogens is 3. The van der Waals surface area contributed by atoms with E-state index in [-0.39, 0.29) is 21.7 Å². The van der Waals surface area contributed by atoms with Gasteiger partial charge in [0.2, 0.25) is 0 Å². The molecule has 3 rings (SSSR count). The summed E-state index contributed by atoms with van der Waals surface area (Å²) >= 11 is 0. The van der Waals surface area contributed by atoms with E-state index in [1.165, 1.54) is 6.92 Å². The molecule has 3 aromatic rings. The van der Waals surface area contributed by atoms with Crippen molar-refractivity contribution in [3.8, 4) is 0 Å². The van der Waals surface area contributed by atoms with Crippen LogP contribution in [0.4, 0.5) is 13.2 Å². The molecule has 2 heterocycles. The average Bonchev–Trinajstić information content (AvgIpc) is 2.65. The zero-order valence-electron chi connectivity index (χ0n) is 15.5. The molecule has 0 aliphatic heterocycles. The number of aryl methyl sites for hydroxylation is 1. The van der Waals surface area contributed by atoms with Gasteiger partial charge in [-0.25, -0.2) is 23.2 Å². The number of benzene rings is 1. The minimum absolute atomic E-state index is 0.0556. The molecule has 0 saturated carbocycles. The SMILES string of the molecule is Cc1nc2nc(C(F)(F)F)c([C@H](C)S(=O)(=O)c3ccc(C(=O)O)cc3)cc2c(=O)[nH]1. The van der Waals surface area contributed by atoms with Crippen LogP contribution in [-0.4, -0.2) is 34.4 Å². The van der Waals surface area contributed by atoms with E-state index in [2.05, 4.69) is 15.0 Å². The molecule has 8 nitrogen and oxygen atoms in total. The summed E-state index contributed by atoms with van der Waals surface area (Å²) in [5, 5.41) is 6.90. The summed E-state index contributed by atoms with van der Waals surface area (Å²) in [4.78, 5) is 32.2. The Bertz CT molecular complexity index is 1320. The first kappa shape index (κ1) is 21.4. The molecule has 158 valence electrons. The first-order valence-corrected chi connectivity index (χ1v) is 9.93. The van der Waals surface area contributed by atoms with Crippen molar-refractivity contribution in [1.29, 1.82) is 0 Å². The van der Waals surface area contributed by atoms with Gasteiger partial charge in [-0.15, -0.1) is 0 Å². The van der Waals surface area contributed by atoms with E-state index < -0.39 is 49.7 Å². The second-order valence-electron chi connectivity index (χ2n) is 6.46. The Balaban J connectivity index is 2.23. The quantitative estimate of drug-likeness (QED) is 0.637. The van der Waals surface area contributed by atoms with E-state index in [1.54, 1.807) is 0 Å². The Labute approximate surface area is 167 Å². The minimum atomic E-state index is -5.00. The summed E-state index contributed by atoms with van der Waals surface area (Å²) in [7, 11) is -4.37. The minimum Gasteiger partial charge on any atom is -0.478 e. The largest absolute Gasteiger partial charge is 0.478 e. The average molecular weight is 441 g/mol. The molecule has 0 unspecified atom stereocenters. The van der Waals surface area contributed by atoms with Gasteiger partial charge < -0.3 is 10.1 Å². The van der Waals surface area contributed by atoms with Crippen LogP contribution in [0.1, 0.15) is 39.6 Å². The van der Waals surface area contributed by atoms with Crippen molar-refractivity contribution >= 4 is 26.8 Å². The number of nitrogens with one attached hydrogen (secondary N) is 1. The van der Waals surface area contributed by atoms with Crippen LogP contribution >= 0.6 is 0 Å². The maximum absolute atomic E-state index is 13.6. The lowest BCUT2D eigenvalue weighted by atomic mass is 10.1. The van der Waals surface area contributed by atoms with Gasteiger partial charge in [-0.2, -0.15) is 13.2 Å². The molecular formula is C18H14F3N3O5S. The maximum atomic E-state index is 13.6. The number of hydrogen-bond acceptors (Lipinski definition) is 6. The predicted molar refractivity (Wildman–Crippen MR) is 98.9 cm³/mol. The van der Waals surface area contributed by atoms with Gasteiger partial charge in [-0.05, 0) is 44.2 Å². The maximum Gasteiger partial charge on any atom is 0.433 e. The van der Waals surface area contributed by atoms with Crippen molar-refractivity contribution in [3.05, 3.63) is 63.3 Å². The van der Waals surface area contributed by atoms with Gasteiger partial charge in [0.15, 0.2) is 21.2 Å². The van der Waals surface area contributed by atoms with Gasteiger partial charge in [0.25, 0.3) is 5.56 Å². The summed E-state index contributed by atoms with van der Waals surface area (Å²) in [5.41, 5.74) is -3.57. The zero-order chi connectivity index (χ0) is 22.4. The number of carboxylic acid groups (broad SMARTS) is 1. The van der Waals surface area contributed by atoms with Gasteiger partial charge in [0.05, 0.1) is 21.1 Å². The van der Waals surface area contributed by atoms with Gasteiger partial charge in [-0.1, -0.05) is 0 Å². The van der Waals surface area contributed by atoms with Crippen molar-refractivity contribution in [2.24, 2.45) is 0 Å². The van der Waals surface area contributed by atoms with E-state index >= 15 is 0 Å². The van der Waals surface area contributed by atoms with E-state index in [0.717, 1.165) is 37.3 Å². The van der Waals surface area contributed by atoms with Crippen LogP contribution in [0.3, 0.4) is 0 Å². The second kappa shape index (κ2) is 7.20. The Kier molecular flexibility index (Phi) is 5.14. The molecule has 0 radical (unpaired) electrons. The van der Waals surface area contributed by atoms with Gasteiger partial charge in [0.1, 0.15) is 5.82 Å². The number of nitrogens with zero attached hydrogens (tertiary/aromatic N) is 2. The highest BCUT2D eigenvalue weighted by Crippen LogP contribution is 2.38. The second-order valence-corrected chi connectivity index (χ2v) is 8.73. The molecular weight excluding hydrogens is 427 g/mol. The van der Waals surface area contributed by atoms with Crippen molar-refractivity contribution in [2.75, 3.05) is 0 Å². The molecule has 0 fully saturated rings. The third kappa shape index (κ3) is 3.77. The van der Waals surface area contributed by atoms with Crippen LogP contribution in [0.15, 0.2) is 40.0 Å². The van der Waals surface area contributed by atoms with Crippen LogP contribution in [0.2, 0.25) is 0 Å². The molecule has 0 spiro atoms.